The van der Waals surface area contributed by atoms with Crippen molar-refractivity contribution in [3.63, 3.8) is 0 Å². The molecular formula is C27H32N2O9. The summed E-state index contributed by atoms with van der Waals surface area (Å²) in [7, 11) is 1.41. The molecule has 11 heteroatoms. The van der Waals surface area contributed by atoms with Gasteiger partial charge in [-0.1, -0.05) is 12.1 Å². The third-order valence-electron chi connectivity index (χ3n) is 7.84. The predicted molar refractivity (Wildman–Crippen MR) is 134 cm³/mol. The highest BCUT2D eigenvalue weighted by Crippen LogP contribution is 2.52. The Morgan fingerprint density at radius 3 is 2.61 bits per heavy atom. The molecule has 2 aromatic carbocycles. The van der Waals surface area contributed by atoms with Gasteiger partial charge in [0.25, 0.3) is 0 Å². The maximum atomic E-state index is 13.6. The van der Waals surface area contributed by atoms with Crippen molar-refractivity contribution in [1.82, 2.24) is 0 Å². The Kier molecular flexibility index (Phi) is 6.70. The van der Waals surface area contributed by atoms with E-state index >= 15 is 0 Å². The molecule has 0 amide bonds. The number of aliphatic hydroxyl groups is 3. The van der Waals surface area contributed by atoms with Crippen molar-refractivity contribution < 1.29 is 44.5 Å². The van der Waals surface area contributed by atoms with Crippen LogP contribution in [0.25, 0.3) is 0 Å². The fourth-order valence-electron chi connectivity index (χ4n) is 5.91. The van der Waals surface area contributed by atoms with E-state index in [1.807, 2.05) is 0 Å². The van der Waals surface area contributed by atoms with Gasteiger partial charge in [-0.05, 0) is 19.4 Å². The van der Waals surface area contributed by atoms with Crippen LogP contribution in [-0.4, -0.2) is 80.9 Å². The van der Waals surface area contributed by atoms with E-state index < -0.39 is 53.5 Å². The fourth-order valence-corrected chi connectivity index (χ4v) is 5.91. The topological polar surface area (TPSA) is 196 Å². The first-order chi connectivity index (χ1) is 18.0. The summed E-state index contributed by atoms with van der Waals surface area (Å²) in [5.74, 6) is -1.22. The van der Waals surface area contributed by atoms with Crippen LogP contribution in [0.1, 0.15) is 70.5 Å². The minimum atomic E-state index is -1.53. The maximum absolute atomic E-state index is 13.6. The Morgan fingerprint density at radius 1 is 1.21 bits per heavy atom. The Hall–Kier alpha value is -3.06. The zero-order chi connectivity index (χ0) is 27.5. The van der Waals surface area contributed by atoms with E-state index in [0.717, 1.165) is 0 Å². The van der Waals surface area contributed by atoms with Crippen molar-refractivity contribution >= 4 is 11.5 Å². The molecule has 0 spiro atoms. The molecule has 0 saturated carbocycles. The summed E-state index contributed by atoms with van der Waals surface area (Å²) in [6.45, 7) is 1.30. The van der Waals surface area contributed by atoms with E-state index in [2.05, 4.69) is 0 Å². The van der Waals surface area contributed by atoms with Crippen LogP contribution in [0.3, 0.4) is 0 Å². The average molecular weight is 529 g/mol. The molecule has 204 valence electrons. The number of hydrogen-bond donors (Lipinski definition) is 7. The smallest absolute Gasteiger partial charge is 0.198 e. The quantitative estimate of drug-likeness (QED) is 0.235. The number of benzene rings is 2. The van der Waals surface area contributed by atoms with E-state index in [4.69, 9.17) is 25.4 Å². The zero-order valence-electron chi connectivity index (χ0n) is 21.1. The molecule has 2 aliphatic carbocycles. The standard InChI is InChI=1S/C27H32N2O9/c1-11-23(31)14(28)8-17(37-11)38-16-10-27(35,6-7-30)9-13-19(16)26(34)20-21(25(13)33)24(32)12-4-3-5-15(36-2)18(12)22(20)29/h3-5,11,14,16-17,23,29-31,33-35H,6-10,28H2,1-2H3. The van der Waals surface area contributed by atoms with E-state index in [-0.39, 0.29) is 77.1 Å². The van der Waals surface area contributed by atoms with E-state index in [0.29, 0.717) is 0 Å². The molecule has 2 aromatic rings. The van der Waals surface area contributed by atoms with Crippen molar-refractivity contribution in [3.05, 3.63) is 51.6 Å². The monoisotopic (exact) mass is 528 g/mol. The lowest BCUT2D eigenvalue weighted by atomic mass is 9.72. The van der Waals surface area contributed by atoms with Gasteiger partial charge in [0.05, 0.1) is 53.4 Å². The van der Waals surface area contributed by atoms with E-state index in [9.17, 15) is 30.3 Å². The molecular weight excluding hydrogens is 496 g/mol. The maximum Gasteiger partial charge on any atom is 0.198 e. The van der Waals surface area contributed by atoms with Gasteiger partial charge in [0.2, 0.25) is 0 Å². The number of nitrogens with one attached hydrogen (secondary N) is 1. The third kappa shape index (κ3) is 4.06. The largest absolute Gasteiger partial charge is 0.507 e. The molecule has 3 aliphatic rings. The van der Waals surface area contributed by atoms with Crippen LogP contribution < -0.4 is 10.5 Å². The molecule has 6 atom stereocenters. The molecule has 1 aliphatic heterocycles. The van der Waals surface area contributed by atoms with Crippen molar-refractivity contribution in [2.45, 2.75) is 68.9 Å². The zero-order valence-corrected chi connectivity index (χ0v) is 21.1. The first-order valence-electron chi connectivity index (χ1n) is 12.5. The molecule has 11 nitrogen and oxygen atoms in total. The number of aliphatic hydroxyl groups excluding tert-OH is 2. The van der Waals surface area contributed by atoms with Crippen molar-refractivity contribution in [3.8, 4) is 17.2 Å². The summed E-state index contributed by atoms with van der Waals surface area (Å²) < 4.78 is 17.3. The number of ether oxygens (including phenoxy) is 3. The normalized spacial score (nSPS) is 30.4. The van der Waals surface area contributed by atoms with Crippen molar-refractivity contribution in [2.75, 3.05) is 13.7 Å². The summed E-state index contributed by atoms with van der Waals surface area (Å²) in [5, 5.41) is 63.0. The molecule has 8 N–H and O–H groups in total. The van der Waals surface area contributed by atoms with Gasteiger partial charge in [0.1, 0.15) is 17.2 Å². The summed E-state index contributed by atoms with van der Waals surface area (Å²) in [4.78, 5) is 13.6. The Balaban J connectivity index is 1.66. The SMILES string of the molecule is COc1cccc2c1C(=N)c1c(O)c3c(c(O)c1C2=O)CC(O)(CCO)CC3OC1CC(N)C(O)C(C)O1. The second kappa shape index (κ2) is 9.60. The number of fused-ring (bicyclic) bond motifs is 3. The number of phenols is 2. The van der Waals surface area contributed by atoms with E-state index in [1.165, 1.54) is 13.2 Å². The van der Waals surface area contributed by atoms with Crippen LogP contribution in [0.5, 0.6) is 17.2 Å². The summed E-state index contributed by atoms with van der Waals surface area (Å²) >= 11 is 0. The first kappa shape index (κ1) is 26.5. The van der Waals surface area contributed by atoms with Gasteiger partial charge in [-0.2, -0.15) is 0 Å². The van der Waals surface area contributed by atoms with Crippen molar-refractivity contribution in [2.24, 2.45) is 5.73 Å². The van der Waals surface area contributed by atoms with Gasteiger partial charge in [0, 0.05) is 48.6 Å². The molecule has 0 aromatic heterocycles. The number of phenolic OH excluding ortho intramolecular Hbond substituents is 2. The lowest BCUT2D eigenvalue weighted by Crippen LogP contribution is -2.52. The van der Waals surface area contributed by atoms with Crippen molar-refractivity contribution in [1.29, 1.82) is 5.41 Å². The van der Waals surface area contributed by atoms with Gasteiger partial charge in [-0.3, -0.25) is 10.2 Å². The van der Waals surface area contributed by atoms with Crippen LogP contribution in [0, 0.1) is 5.41 Å². The highest BCUT2D eigenvalue weighted by atomic mass is 16.7. The lowest BCUT2D eigenvalue weighted by Gasteiger charge is -2.43. The number of hydrogen-bond acceptors (Lipinski definition) is 11. The minimum Gasteiger partial charge on any atom is -0.507 e. The van der Waals surface area contributed by atoms with Crippen LogP contribution in [0.2, 0.25) is 0 Å². The number of ketones is 1. The Morgan fingerprint density at radius 2 is 1.95 bits per heavy atom. The minimum absolute atomic E-state index is 0.0481. The Bertz CT molecular complexity index is 1300. The molecule has 0 radical (unpaired) electrons. The van der Waals surface area contributed by atoms with E-state index in [1.54, 1.807) is 19.1 Å². The van der Waals surface area contributed by atoms with Crippen LogP contribution >= 0.6 is 0 Å². The van der Waals surface area contributed by atoms with Crippen LogP contribution in [-0.2, 0) is 15.9 Å². The molecule has 1 fully saturated rings. The number of aromatic hydroxyl groups is 2. The molecule has 1 saturated heterocycles. The summed E-state index contributed by atoms with van der Waals surface area (Å²) in [6, 6.07) is 4.07. The van der Waals surface area contributed by atoms with Gasteiger partial charge >= 0.3 is 0 Å². The number of nitrogens with two attached hydrogens (primary N) is 1. The van der Waals surface area contributed by atoms with Gasteiger partial charge < -0.3 is 45.5 Å². The number of rotatable bonds is 5. The average Bonchev–Trinajstić information content (AvgIpc) is 2.87. The molecule has 0 bridgehead atoms. The Labute approximate surface area is 218 Å². The number of carbonyl (C=O) groups excluding carboxylic acids is 1. The van der Waals surface area contributed by atoms with Gasteiger partial charge in [-0.15, -0.1) is 0 Å². The first-order valence-corrected chi connectivity index (χ1v) is 12.5. The van der Waals surface area contributed by atoms with Gasteiger partial charge in [-0.25, -0.2) is 0 Å². The molecule has 38 heavy (non-hydrogen) atoms. The van der Waals surface area contributed by atoms with Gasteiger partial charge in [0.15, 0.2) is 12.1 Å². The summed E-state index contributed by atoms with van der Waals surface area (Å²) in [6.07, 6.45) is -3.64. The molecule has 5 rings (SSSR count). The second-order valence-corrected chi connectivity index (χ2v) is 10.3. The number of carbonyl (C=O) groups is 1. The molecule has 1 heterocycles. The fraction of sp³-hybridized carbons (Fsp3) is 0.481. The lowest BCUT2D eigenvalue weighted by molar-refractivity contribution is -0.248. The second-order valence-electron chi connectivity index (χ2n) is 10.3. The predicted octanol–water partition coefficient (Wildman–Crippen LogP) is 1.01. The molecule has 6 unspecified atom stereocenters. The highest BCUT2D eigenvalue weighted by molar-refractivity contribution is 6.32. The van der Waals surface area contributed by atoms with Crippen LogP contribution in [0.4, 0.5) is 0 Å². The summed E-state index contributed by atoms with van der Waals surface area (Å²) in [5.41, 5.74) is 4.46. The highest BCUT2D eigenvalue weighted by Gasteiger charge is 2.47. The number of methoxy groups -OCH3 is 1. The third-order valence-corrected chi connectivity index (χ3v) is 7.84. The van der Waals surface area contributed by atoms with Crippen LogP contribution in [0.15, 0.2) is 18.2 Å².